The van der Waals surface area contributed by atoms with Crippen LogP contribution in [-0.4, -0.2) is 23.8 Å². The largest absolute Gasteiger partial charge is 0.489 e. The molecule has 0 bridgehead atoms. The van der Waals surface area contributed by atoms with Crippen molar-refractivity contribution >= 4 is 17.9 Å². The molecule has 1 aliphatic rings. The highest BCUT2D eigenvalue weighted by molar-refractivity contribution is 6.19. The van der Waals surface area contributed by atoms with Gasteiger partial charge >= 0.3 is 0 Å². The third-order valence-electron chi connectivity index (χ3n) is 4.38. The van der Waals surface area contributed by atoms with E-state index in [4.69, 9.17) is 4.74 Å². The maximum Gasteiger partial charge on any atom is 0.271 e. The minimum absolute atomic E-state index is 0.00818. The van der Waals surface area contributed by atoms with E-state index in [-0.39, 0.29) is 5.57 Å². The van der Waals surface area contributed by atoms with Crippen LogP contribution in [0.15, 0.2) is 71.3 Å². The van der Waals surface area contributed by atoms with Gasteiger partial charge in [-0.3, -0.25) is 14.5 Å². The SMILES string of the molecule is CC1=C(C#N)C(=O)N(C)C(=O)/C1=C/c1ccc(OCc2ccccc2)cc1. The van der Waals surface area contributed by atoms with Gasteiger partial charge in [-0.15, -0.1) is 0 Å². The topological polar surface area (TPSA) is 70.4 Å². The fourth-order valence-corrected chi connectivity index (χ4v) is 2.77. The fraction of sp³-hybridized carbons (Fsp3) is 0.136. The van der Waals surface area contributed by atoms with E-state index in [1.807, 2.05) is 60.7 Å². The van der Waals surface area contributed by atoms with Crippen LogP contribution in [-0.2, 0) is 16.2 Å². The van der Waals surface area contributed by atoms with Crippen LogP contribution >= 0.6 is 0 Å². The van der Waals surface area contributed by atoms with Crippen molar-refractivity contribution in [3.63, 3.8) is 0 Å². The van der Waals surface area contributed by atoms with Crippen LogP contribution in [0.2, 0.25) is 0 Å². The summed E-state index contributed by atoms with van der Waals surface area (Å²) in [4.78, 5) is 25.4. The molecule has 2 amide bonds. The van der Waals surface area contributed by atoms with Crippen LogP contribution in [0, 0.1) is 11.3 Å². The standard InChI is InChI=1S/C22H18N2O3/c1-15-19(21(25)24(2)22(26)20(15)13-23)12-16-8-10-18(11-9-16)27-14-17-6-4-3-5-7-17/h3-12H,14H2,1-2H3/b19-12+. The highest BCUT2D eigenvalue weighted by atomic mass is 16.5. The average Bonchev–Trinajstić information content (AvgIpc) is 2.70. The zero-order valence-corrected chi connectivity index (χ0v) is 15.1. The highest BCUT2D eigenvalue weighted by Crippen LogP contribution is 2.26. The second-order valence-electron chi connectivity index (χ2n) is 6.18. The predicted molar refractivity (Wildman–Crippen MR) is 101 cm³/mol. The third kappa shape index (κ3) is 3.80. The van der Waals surface area contributed by atoms with E-state index in [1.54, 1.807) is 13.0 Å². The number of rotatable bonds is 4. The summed E-state index contributed by atoms with van der Waals surface area (Å²) in [5.74, 6) is -0.268. The number of nitriles is 1. The molecule has 27 heavy (non-hydrogen) atoms. The Kier molecular flexibility index (Phi) is 5.18. The first-order valence-corrected chi connectivity index (χ1v) is 8.43. The van der Waals surface area contributed by atoms with E-state index in [9.17, 15) is 14.9 Å². The number of ether oxygens (including phenoxy) is 1. The van der Waals surface area contributed by atoms with Crippen molar-refractivity contribution in [3.05, 3.63) is 82.4 Å². The molecule has 0 aliphatic carbocycles. The van der Waals surface area contributed by atoms with Gasteiger partial charge in [0, 0.05) is 12.6 Å². The van der Waals surface area contributed by atoms with Gasteiger partial charge in [0.2, 0.25) is 0 Å². The molecular weight excluding hydrogens is 340 g/mol. The molecule has 2 aromatic rings. The second kappa shape index (κ2) is 7.71. The number of hydrogen-bond acceptors (Lipinski definition) is 4. The molecule has 3 rings (SSSR count). The van der Waals surface area contributed by atoms with Crippen LogP contribution in [0.25, 0.3) is 6.08 Å². The Morgan fingerprint density at radius 2 is 1.70 bits per heavy atom. The lowest BCUT2D eigenvalue weighted by Crippen LogP contribution is -2.39. The maximum atomic E-state index is 12.4. The summed E-state index contributed by atoms with van der Waals surface area (Å²) >= 11 is 0. The smallest absolute Gasteiger partial charge is 0.271 e. The Morgan fingerprint density at radius 3 is 2.33 bits per heavy atom. The number of hydrogen-bond donors (Lipinski definition) is 0. The molecule has 2 aromatic carbocycles. The Morgan fingerprint density at radius 1 is 1.04 bits per heavy atom. The average molecular weight is 358 g/mol. The zero-order chi connectivity index (χ0) is 19.4. The first-order valence-electron chi connectivity index (χ1n) is 8.43. The lowest BCUT2D eigenvalue weighted by atomic mass is 9.94. The summed E-state index contributed by atoms with van der Waals surface area (Å²) < 4.78 is 5.75. The molecule has 0 N–H and O–H groups in total. The Bertz CT molecular complexity index is 980. The van der Waals surface area contributed by atoms with Crippen molar-refractivity contribution in [2.75, 3.05) is 7.05 Å². The summed E-state index contributed by atoms with van der Waals surface area (Å²) in [6.07, 6.45) is 1.68. The monoisotopic (exact) mass is 358 g/mol. The summed E-state index contributed by atoms with van der Waals surface area (Å²) in [6.45, 7) is 2.09. The van der Waals surface area contributed by atoms with E-state index in [0.717, 1.165) is 16.0 Å². The van der Waals surface area contributed by atoms with Gasteiger partial charge in [-0.2, -0.15) is 5.26 Å². The molecule has 0 spiro atoms. The molecule has 134 valence electrons. The van der Waals surface area contributed by atoms with Crippen molar-refractivity contribution in [1.82, 2.24) is 4.90 Å². The van der Waals surface area contributed by atoms with Crippen molar-refractivity contribution in [2.24, 2.45) is 0 Å². The van der Waals surface area contributed by atoms with Gasteiger partial charge in [-0.05, 0) is 41.8 Å². The molecule has 0 saturated heterocycles. The molecule has 0 unspecified atom stereocenters. The van der Waals surface area contributed by atoms with Crippen molar-refractivity contribution in [3.8, 4) is 11.8 Å². The molecule has 0 fully saturated rings. The molecule has 5 nitrogen and oxygen atoms in total. The second-order valence-corrected chi connectivity index (χ2v) is 6.18. The lowest BCUT2D eigenvalue weighted by molar-refractivity contribution is -0.138. The number of likely N-dealkylation sites (N-methyl/N-ethyl adjacent to an activating group) is 1. The summed E-state index contributed by atoms with van der Waals surface area (Å²) in [5.41, 5.74) is 2.59. The summed E-state index contributed by atoms with van der Waals surface area (Å²) in [5, 5.41) is 9.20. The molecule has 0 saturated carbocycles. The number of imide groups is 1. The quantitative estimate of drug-likeness (QED) is 0.620. The number of carbonyl (C=O) groups is 2. The van der Waals surface area contributed by atoms with Crippen molar-refractivity contribution < 1.29 is 14.3 Å². The molecule has 5 heteroatoms. The van der Waals surface area contributed by atoms with Gasteiger partial charge < -0.3 is 4.74 Å². The molecular formula is C22H18N2O3. The van der Waals surface area contributed by atoms with Gasteiger partial charge in [-0.25, -0.2) is 0 Å². The minimum atomic E-state index is -0.568. The maximum absolute atomic E-state index is 12.4. The normalized spacial score (nSPS) is 15.9. The van der Waals surface area contributed by atoms with Crippen LogP contribution in [0.3, 0.4) is 0 Å². The molecule has 1 heterocycles. The number of benzene rings is 2. The van der Waals surface area contributed by atoms with Gasteiger partial charge in [0.1, 0.15) is 24.0 Å². The van der Waals surface area contributed by atoms with Crippen LogP contribution in [0.5, 0.6) is 5.75 Å². The Labute approximate surface area is 157 Å². The van der Waals surface area contributed by atoms with Crippen LogP contribution in [0.4, 0.5) is 0 Å². The van der Waals surface area contributed by atoms with E-state index < -0.39 is 11.8 Å². The van der Waals surface area contributed by atoms with E-state index in [0.29, 0.717) is 23.5 Å². The Balaban J connectivity index is 1.81. The van der Waals surface area contributed by atoms with Crippen LogP contribution in [0.1, 0.15) is 18.1 Å². The van der Waals surface area contributed by atoms with Crippen LogP contribution < -0.4 is 4.74 Å². The predicted octanol–water partition coefficient (Wildman–Crippen LogP) is 3.49. The first-order chi connectivity index (χ1) is 13.0. The number of carbonyl (C=O) groups excluding carboxylic acids is 2. The van der Waals surface area contributed by atoms with E-state index in [1.165, 1.54) is 7.05 Å². The van der Waals surface area contributed by atoms with Gasteiger partial charge in [0.05, 0.1) is 0 Å². The van der Waals surface area contributed by atoms with Gasteiger partial charge in [-0.1, -0.05) is 42.5 Å². The van der Waals surface area contributed by atoms with Crippen molar-refractivity contribution in [1.29, 1.82) is 5.26 Å². The van der Waals surface area contributed by atoms with E-state index in [2.05, 4.69) is 0 Å². The van der Waals surface area contributed by atoms with Gasteiger partial charge in [0.25, 0.3) is 11.8 Å². The third-order valence-corrected chi connectivity index (χ3v) is 4.38. The first kappa shape index (κ1) is 18.2. The molecule has 0 radical (unpaired) electrons. The molecule has 0 atom stereocenters. The zero-order valence-electron chi connectivity index (χ0n) is 15.1. The number of amides is 2. The molecule has 1 aliphatic heterocycles. The van der Waals surface area contributed by atoms with Gasteiger partial charge in [0.15, 0.2) is 0 Å². The minimum Gasteiger partial charge on any atom is -0.489 e. The molecule has 0 aromatic heterocycles. The Hall–Kier alpha value is -3.65. The number of nitrogens with zero attached hydrogens (tertiary/aromatic N) is 2. The highest BCUT2D eigenvalue weighted by Gasteiger charge is 2.32. The summed E-state index contributed by atoms with van der Waals surface area (Å²) in [7, 11) is 1.38. The van der Waals surface area contributed by atoms with Crippen molar-refractivity contribution in [2.45, 2.75) is 13.5 Å². The lowest BCUT2D eigenvalue weighted by Gasteiger charge is -2.23. The fourth-order valence-electron chi connectivity index (χ4n) is 2.77. The summed E-state index contributed by atoms with van der Waals surface area (Å²) in [6, 6.07) is 19.1. The van der Waals surface area contributed by atoms with E-state index >= 15 is 0 Å².